The van der Waals surface area contributed by atoms with Crippen LogP contribution in [0.1, 0.15) is 42.2 Å². The molecule has 0 saturated carbocycles. The van der Waals surface area contributed by atoms with Gasteiger partial charge in [0, 0.05) is 13.6 Å². The number of piperidine rings is 1. The molecule has 3 aromatic rings. The molecule has 1 aliphatic heterocycles. The Hall–Kier alpha value is -2.67. The van der Waals surface area contributed by atoms with Crippen molar-refractivity contribution in [2.24, 2.45) is 0 Å². The molecule has 0 bridgehead atoms. The maximum absolute atomic E-state index is 13.2. The molecular weight excluding hydrogens is 456 g/mol. The SMILES string of the molecule is COc1ccc([C@@H](CCN2CCC(c3ccccc3)CC2)CN(C)S(=O)(=O)c2ccccc2)cc1. The second-order valence-electron chi connectivity index (χ2n) is 9.38. The van der Waals surface area contributed by atoms with E-state index in [0.717, 1.165) is 37.4 Å². The van der Waals surface area contributed by atoms with E-state index in [0.29, 0.717) is 17.4 Å². The summed E-state index contributed by atoms with van der Waals surface area (Å²) in [5.41, 5.74) is 2.58. The van der Waals surface area contributed by atoms with Gasteiger partial charge < -0.3 is 9.64 Å². The van der Waals surface area contributed by atoms with Gasteiger partial charge in [0.05, 0.1) is 12.0 Å². The highest BCUT2D eigenvalue weighted by molar-refractivity contribution is 7.89. The number of likely N-dealkylation sites (N-methyl/N-ethyl adjacent to an activating group) is 1. The molecule has 0 unspecified atom stereocenters. The Morgan fingerprint density at radius 2 is 1.51 bits per heavy atom. The molecule has 4 rings (SSSR count). The minimum absolute atomic E-state index is 0.0937. The zero-order valence-corrected chi connectivity index (χ0v) is 21.5. The number of hydrogen-bond acceptors (Lipinski definition) is 4. The number of hydrogen-bond donors (Lipinski definition) is 0. The lowest BCUT2D eigenvalue weighted by Gasteiger charge is -2.33. The molecule has 1 heterocycles. The van der Waals surface area contributed by atoms with Gasteiger partial charge in [0.15, 0.2) is 0 Å². The first-order chi connectivity index (χ1) is 17.0. The molecule has 1 fully saturated rings. The fourth-order valence-electron chi connectivity index (χ4n) is 4.97. The van der Waals surface area contributed by atoms with E-state index in [-0.39, 0.29) is 5.92 Å². The van der Waals surface area contributed by atoms with E-state index in [1.807, 2.05) is 18.2 Å². The van der Waals surface area contributed by atoms with Crippen LogP contribution in [0.4, 0.5) is 0 Å². The predicted molar refractivity (Wildman–Crippen MR) is 141 cm³/mol. The number of methoxy groups -OCH3 is 1. The summed E-state index contributed by atoms with van der Waals surface area (Å²) in [7, 11) is -0.198. The summed E-state index contributed by atoms with van der Waals surface area (Å²) in [5, 5.41) is 0. The van der Waals surface area contributed by atoms with E-state index in [1.165, 1.54) is 22.7 Å². The molecule has 0 aliphatic carbocycles. The van der Waals surface area contributed by atoms with E-state index in [2.05, 4.69) is 47.4 Å². The molecule has 0 radical (unpaired) electrons. The summed E-state index contributed by atoms with van der Waals surface area (Å²) in [6, 6.07) is 27.5. The summed E-state index contributed by atoms with van der Waals surface area (Å²) >= 11 is 0. The van der Waals surface area contributed by atoms with Crippen LogP contribution in [0.25, 0.3) is 0 Å². The summed E-state index contributed by atoms with van der Waals surface area (Å²) in [5.74, 6) is 1.53. The van der Waals surface area contributed by atoms with Crippen LogP contribution in [0, 0.1) is 0 Å². The molecule has 0 N–H and O–H groups in total. The fraction of sp³-hybridized carbons (Fsp3) is 0.379. The first kappa shape index (κ1) is 25.4. The maximum Gasteiger partial charge on any atom is 0.242 e. The number of benzene rings is 3. The Bertz CT molecular complexity index is 1140. The van der Waals surface area contributed by atoms with Gasteiger partial charge in [0.2, 0.25) is 10.0 Å². The van der Waals surface area contributed by atoms with E-state index in [9.17, 15) is 8.42 Å². The zero-order valence-electron chi connectivity index (χ0n) is 20.7. The minimum Gasteiger partial charge on any atom is -0.497 e. The van der Waals surface area contributed by atoms with Gasteiger partial charge in [0.1, 0.15) is 5.75 Å². The Morgan fingerprint density at radius 1 is 0.914 bits per heavy atom. The average molecular weight is 493 g/mol. The molecule has 1 atom stereocenters. The third-order valence-electron chi connectivity index (χ3n) is 7.17. The molecule has 0 amide bonds. The smallest absolute Gasteiger partial charge is 0.242 e. The second kappa shape index (κ2) is 11.8. The van der Waals surface area contributed by atoms with Crippen molar-refractivity contribution in [2.75, 3.05) is 40.3 Å². The van der Waals surface area contributed by atoms with E-state index >= 15 is 0 Å². The van der Waals surface area contributed by atoms with Crippen molar-refractivity contribution >= 4 is 10.0 Å². The minimum atomic E-state index is -3.54. The summed E-state index contributed by atoms with van der Waals surface area (Å²) < 4.78 is 33.2. The number of sulfonamides is 1. The van der Waals surface area contributed by atoms with Gasteiger partial charge in [-0.15, -0.1) is 0 Å². The molecule has 1 aliphatic rings. The van der Waals surface area contributed by atoms with Gasteiger partial charge >= 0.3 is 0 Å². The van der Waals surface area contributed by atoms with Crippen LogP contribution in [0.2, 0.25) is 0 Å². The highest BCUT2D eigenvalue weighted by atomic mass is 32.2. The number of likely N-dealkylation sites (tertiary alicyclic amines) is 1. The van der Waals surface area contributed by atoms with Crippen LogP contribution in [0.5, 0.6) is 5.75 Å². The van der Waals surface area contributed by atoms with Gasteiger partial charge in [-0.25, -0.2) is 12.7 Å². The van der Waals surface area contributed by atoms with Crippen LogP contribution in [-0.2, 0) is 10.0 Å². The normalized spacial score (nSPS) is 16.3. The molecule has 6 heteroatoms. The van der Waals surface area contributed by atoms with Crippen molar-refractivity contribution in [3.05, 3.63) is 96.1 Å². The molecule has 5 nitrogen and oxygen atoms in total. The molecule has 1 saturated heterocycles. The van der Waals surface area contributed by atoms with Gasteiger partial charge in [-0.05, 0) is 86.1 Å². The summed E-state index contributed by atoms with van der Waals surface area (Å²) in [6.07, 6.45) is 3.23. The number of nitrogens with zero attached hydrogens (tertiary/aromatic N) is 2. The van der Waals surface area contributed by atoms with Gasteiger partial charge in [0.25, 0.3) is 0 Å². The second-order valence-corrected chi connectivity index (χ2v) is 11.4. The fourth-order valence-corrected chi connectivity index (χ4v) is 6.21. The quantitative estimate of drug-likeness (QED) is 0.382. The average Bonchev–Trinajstić information content (AvgIpc) is 2.92. The zero-order chi connectivity index (χ0) is 24.7. The maximum atomic E-state index is 13.2. The number of ether oxygens (including phenoxy) is 1. The van der Waals surface area contributed by atoms with Gasteiger partial charge in [-0.2, -0.15) is 0 Å². The van der Waals surface area contributed by atoms with Crippen molar-refractivity contribution in [1.29, 1.82) is 0 Å². The highest BCUT2D eigenvalue weighted by Gasteiger charge is 2.26. The third kappa shape index (κ3) is 6.51. The third-order valence-corrected chi connectivity index (χ3v) is 9.01. The molecule has 3 aromatic carbocycles. The standard InChI is InChI=1S/C29H36N2O3S/c1-30(35(32,33)29-11-7-4-8-12-29)23-27(25-13-15-28(34-2)16-14-25)19-22-31-20-17-26(18-21-31)24-9-5-3-6-10-24/h3-16,26-27H,17-23H2,1-2H3/t27-/m0/s1. The molecule has 186 valence electrons. The van der Waals surface area contributed by atoms with Crippen LogP contribution in [0.3, 0.4) is 0 Å². The largest absolute Gasteiger partial charge is 0.497 e. The lowest BCUT2D eigenvalue weighted by atomic mass is 9.89. The van der Waals surface area contributed by atoms with Crippen molar-refractivity contribution in [2.45, 2.75) is 36.0 Å². The predicted octanol–water partition coefficient (Wildman–Crippen LogP) is 5.37. The van der Waals surface area contributed by atoms with E-state index < -0.39 is 10.0 Å². The molecule has 35 heavy (non-hydrogen) atoms. The lowest BCUT2D eigenvalue weighted by Crippen LogP contribution is -2.36. The Kier molecular flexibility index (Phi) is 8.60. The first-order valence-electron chi connectivity index (χ1n) is 12.4. The Balaban J connectivity index is 1.42. The Morgan fingerprint density at radius 3 is 2.11 bits per heavy atom. The summed E-state index contributed by atoms with van der Waals surface area (Å²) in [4.78, 5) is 2.86. The van der Waals surface area contributed by atoms with E-state index in [4.69, 9.17) is 4.74 Å². The molecular formula is C29H36N2O3S. The van der Waals surface area contributed by atoms with Crippen LogP contribution < -0.4 is 4.74 Å². The number of rotatable bonds is 10. The summed E-state index contributed by atoms with van der Waals surface area (Å²) in [6.45, 7) is 3.54. The highest BCUT2D eigenvalue weighted by Crippen LogP contribution is 2.30. The topological polar surface area (TPSA) is 49.9 Å². The van der Waals surface area contributed by atoms with Crippen LogP contribution in [0.15, 0.2) is 89.8 Å². The molecule has 0 aromatic heterocycles. The van der Waals surface area contributed by atoms with Crippen molar-refractivity contribution in [3.8, 4) is 5.75 Å². The van der Waals surface area contributed by atoms with Crippen molar-refractivity contribution in [1.82, 2.24) is 9.21 Å². The van der Waals surface area contributed by atoms with Gasteiger partial charge in [-0.3, -0.25) is 0 Å². The van der Waals surface area contributed by atoms with Crippen molar-refractivity contribution < 1.29 is 13.2 Å². The Labute approximate surface area is 210 Å². The lowest BCUT2D eigenvalue weighted by molar-refractivity contribution is 0.203. The van der Waals surface area contributed by atoms with Crippen LogP contribution >= 0.6 is 0 Å². The van der Waals surface area contributed by atoms with Gasteiger partial charge in [-0.1, -0.05) is 60.7 Å². The van der Waals surface area contributed by atoms with Crippen LogP contribution in [-0.4, -0.2) is 58.0 Å². The van der Waals surface area contributed by atoms with E-state index in [1.54, 1.807) is 38.4 Å². The monoisotopic (exact) mass is 492 g/mol. The first-order valence-corrected chi connectivity index (χ1v) is 13.8. The van der Waals surface area contributed by atoms with Crippen molar-refractivity contribution in [3.63, 3.8) is 0 Å². The molecule has 0 spiro atoms.